The minimum atomic E-state index is -0.798. The van der Waals surface area contributed by atoms with E-state index in [0.717, 1.165) is 109 Å². The summed E-state index contributed by atoms with van der Waals surface area (Å²) >= 11 is 0. The van der Waals surface area contributed by atoms with E-state index < -0.39 is 6.10 Å². The summed E-state index contributed by atoms with van der Waals surface area (Å²) in [5.41, 5.74) is 0. The van der Waals surface area contributed by atoms with Crippen molar-refractivity contribution in [2.75, 3.05) is 13.2 Å². The zero-order chi connectivity index (χ0) is 43.7. The SMILES string of the molecule is CC/C=C\C/C=C\C/C=C\CCCCCCCCC(=O)OCC(COC(=O)CCCCC/C=C\C=C/CCCC)OC(=O)CCCCCCCC/C=C\C=C/CCCCC. The van der Waals surface area contributed by atoms with E-state index in [1.807, 2.05) is 0 Å². The summed E-state index contributed by atoms with van der Waals surface area (Å²) in [7, 11) is 0. The van der Waals surface area contributed by atoms with Crippen LogP contribution >= 0.6 is 0 Å². The van der Waals surface area contributed by atoms with Crippen LogP contribution in [0.2, 0.25) is 0 Å². The summed E-state index contributed by atoms with van der Waals surface area (Å²) in [5, 5.41) is 0. The van der Waals surface area contributed by atoms with Gasteiger partial charge in [0, 0.05) is 19.3 Å². The van der Waals surface area contributed by atoms with Crippen LogP contribution in [0.25, 0.3) is 0 Å². The van der Waals surface area contributed by atoms with Gasteiger partial charge in [-0.1, -0.05) is 189 Å². The second-order valence-electron chi connectivity index (χ2n) is 16.0. The number of ether oxygens (including phenoxy) is 3. The van der Waals surface area contributed by atoms with E-state index in [1.165, 1.54) is 70.6 Å². The van der Waals surface area contributed by atoms with Gasteiger partial charge in [-0.05, 0) is 96.3 Å². The van der Waals surface area contributed by atoms with E-state index in [4.69, 9.17) is 14.2 Å². The molecule has 0 saturated carbocycles. The predicted molar refractivity (Wildman–Crippen MR) is 256 cm³/mol. The zero-order valence-corrected chi connectivity index (χ0v) is 38.9. The molecular formula is C54H90O6. The Bertz CT molecular complexity index is 1190. The number of allylic oxidation sites excluding steroid dienone is 14. The van der Waals surface area contributed by atoms with Crippen LogP contribution in [-0.4, -0.2) is 37.2 Å². The Balaban J connectivity index is 4.45. The fraction of sp³-hybridized carbons (Fsp3) is 0.685. The van der Waals surface area contributed by atoms with Crippen molar-refractivity contribution in [2.24, 2.45) is 0 Å². The van der Waals surface area contributed by atoms with E-state index in [0.29, 0.717) is 19.3 Å². The van der Waals surface area contributed by atoms with Crippen molar-refractivity contribution >= 4 is 17.9 Å². The minimum absolute atomic E-state index is 0.0978. The van der Waals surface area contributed by atoms with E-state index >= 15 is 0 Å². The van der Waals surface area contributed by atoms with Crippen molar-refractivity contribution in [3.8, 4) is 0 Å². The van der Waals surface area contributed by atoms with Crippen LogP contribution in [0, 0.1) is 0 Å². The summed E-state index contributed by atoms with van der Waals surface area (Å²) in [4.78, 5) is 37.9. The van der Waals surface area contributed by atoms with E-state index in [-0.39, 0.29) is 31.1 Å². The van der Waals surface area contributed by atoms with Crippen molar-refractivity contribution in [3.05, 3.63) is 85.1 Å². The largest absolute Gasteiger partial charge is 0.462 e. The summed E-state index contributed by atoms with van der Waals surface area (Å²) in [5.74, 6) is -0.954. The number of rotatable bonds is 43. The lowest BCUT2D eigenvalue weighted by Gasteiger charge is -2.18. The van der Waals surface area contributed by atoms with Gasteiger partial charge in [0.1, 0.15) is 13.2 Å². The molecule has 0 spiro atoms. The van der Waals surface area contributed by atoms with Crippen LogP contribution in [0.5, 0.6) is 0 Å². The molecule has 0 fully saturated rings. The molecule has 1 atom stereocenters. The lowest BCUT2D eigenvalue weighted by Crippen LogP contribution is -2.30. The van der Waals surface area contributed by atoms with Gasteiger partial charge in [0.25, 0.3) is 0 Å². The highest BCUT2D eigenvalue weighted by atomic mass is 16.6. The van der Waals surface area contributed by atoms with Crippen LogP contribution in [0.15, 0.2) is 85.1 Å². The Morgan fingerprint density at radius 2 is 0.717 bits per heavy atom. The molecule has 0 radical (unpaired) electrons. The highest BCUT2D eigenvalue weighted by Crippen LogP contribution is 2.13. The first-order valence-electron chi connectivity index (χ1n) is 24.6. The molecule has 0 heterocycles. The van der Waals surface area contributed by atoms with Gasteiger partial charge in [-0.25, -0.2) is 0 Å². The number of hydrogen-bond donors (Lipinski definition) is 0. The summed E-state index contributed by atoms with van der Waals surface area (Å²) in [6.45, 7) is 6.38. The van der Waals surface area contributed by atoms with Crippen LogP contribution in [0.3, 0.4) is 0 Å². The molecule has 1 unspecified atom stereocenters. The Morgan fingerprint density at radius 3 is 1.18 bits per heavy atom. The summed E-state index contributed by atoms with van der Waals surface area (Å²) in [6, 6.07) is 0. The molecule has 0 amide bonds. The molecule has 0 aliphatic carbocycles. The summed E-state index contributed by atoms with van der Waals surface area (Å²) < 4.78 is 16.7. The van der Waals surface area contributed by atoms with Gasteiger partial charge < -0.3 is 14.2 Å². The first-order chi connectivity index (χ1) is 29.5. The highest BCUT2D eigenvalue weighted by molar-refractivity contribution is 5.71. The van der Waals surface area contributed by atoms with Gasteiger partial charge in [-0.2, -0.15) is 0 Å². The molecular weight excluding hydrogens is 745 g/mol. The summed E-state index contributed by atoms with van der Waals surface area (Å²) in [6.07, 6.45) is 61.3. The Hall–Kier alpha value is -3.41. The van der Waals surface area contributed by atoms with Gasteiger partial charge in [0.2, 0.25) is 0 Å². The maximum atomic E-state index is 12.8. The third-order valence-electron chi connectivity index (χ3n) is 10.2. The lowest BCUT2D eigenvalue weighted by molar-refractivity contribution is -0.167. The first kappa shape index (κ1) is 56.6. The van der Waals surface area contributed by atoms with Gasteiger partial charge in [-0.15, -0.1) is 0 Å². The molecule has 0 rings (SSSR count). The lowest BCUT2D eigenvalue weighted by atomic mass is 10.1. The minimum Gasteiger partial charge on any atom is -0.462 e. The Labute approximate surface area is 369 Å². The second-order valence-corrected chi connectivity index (χ2v) is 16.0. The molecule has 6 heteroatoms. The average molecular weight is 835 g/mol. The first-order valence-corrected chi connectivity index (χ1v) is 24.6. The fourth-order valence-electron chi connectivity index (χ4n) is 6.42. The third kappa shape index (κ3) is 45.7. The number of carbonyl (C=O) groups is 3. The molecule has 0 aromatic heterocycles. The quantitative estimate of drug-likeness (QED) is 0.0200. The average Bonchev–Trinajstić information content (AvgIpc) is 3.24. The molecule has 0 aliphatic rings. The molecule has 0 bridgehead atoms. The standard InChI is InChI=1S/C54H90O6/c1-4-7-10-13-16-19-22-24-26-28-29-32-35-38-41-44-47-53(56)59-50-51(49-58-52(55)46-43-40-37-34-31-21-18-15-12-9-6-3)60-54(57)48-45-42-39-36-33-30-27-25-23-20-17-14-11-8-5-2/h7,10,15-21,23-26,31,51H,4-6,8-9,11-14,22,27-30,32-50H2,1-3H3/b10-7-,18-15-,19-16-,20-17-,25-23-,26-24-,31-21-. The smallest absolute Gasteiger partial charge is 0.306 e. The van der Waals surface area contributed by atoms with E-state index in [1.54, 1.807) is 0 Å². The maximum Gasteiger partial charge on any atom is 0.306 e. The molecule has 0 N–H and O–H groups in total. The van der Waals surface area contributed by atoms with E-state index in [9.17, 15) is 14.4 Å². The molecule has 342 valence electrons. The molecule has 0 aliphatic heterocycles. The number of carbonyl (C=O) groups excluding carboxylic acids is 3. The third-order valence-corrected chi connectivity index (χ3v) is 10.2. The van der Waals surface area contributed by atoms with Crippen LogP contribution < -0.4 is 0 Å². The number of hydrogen-bond acceptors (Lipinski definition) is 6. The van der Waals surface area contributed by atoms with Crippen molar-refractivity contribution in [1.29, 1.82) is 0 Å². The van der Waals surface area contributed by atoms with Gasteiger partial charge >= 0.3 is 17.9 Å². The monoisotopic (exact) mass is 835 g/mol. The van der Waals surface area contributed by atoms with Gasteiger partial charge in [0.05, 0.1) is 0 Å². The fourth-order valence-corrected chi connectivity index (χ4v) is 6.42. The van der Waals surface area contributed by atoms with Crippen molar-refractivity contribution in [3.63, 3.8) is 0 Å². The van der Waals surface area contributed by atoms with E-state index in [2.05, 4.69) is 106 Å². The van der Waals surface area contributed by atoms with Crippen LogP contribution in [0.4, 0.5) is 0 Å². The Morgan fingerprint density at radius 1 is 0.367 bits per heavy atom. The second kappa shape index (κ2) is 48.3. The number of esters is 3. The van der Waals surface area contributed by atoms with Crippen LogP contribution in [-0.2, 0) is 28.6 Å². The maximum absolute atomic E-state index is 12.8. The van der Waals surface area contributed by atoms with Gasteiger partial charge in [-0.3, -0.25) is 14.4 Å². The molecule has 0 aromatic rings. The molecule has 0 saturated heterocycles. The Kier molecular flexibility index (Phi) is 45.5. The topological polar surface area (TPSA) is 78.9 Å². The number of unbranched alkanes of at least 4 members (excludes halogenated alkanes) is 20. The predicted octanol–water partition coefficient (Wildman–Crippen LogP) is 16.0. The molecule has 60 heavy (non-hydrogen) atoms. The molecule has 6 nitrogen and oxygen atoms in total. The molecule has 0 aromatic carbocycles. The normalized spacial score (nSPS) is 12.8. The van der Waals surface area contributed by atoms with Crippen molar-refractivity contribution < 1.29 is 28.6 Å². The van der Waals surface area contributed by atoms with Crippen molar-refractivity contribution in [1.82, 2.24) is 0 Å². The highest BCUT2D eigenvalue weighted by Gasteiger charge is 2.19. The zero-order valence-electron chi connectivity index (χ0n) is 38.9. The van der Waals surface area contributed by atoms with Crippen LogP contribution in [0.1, 0.15) is 220 Å². The van der Waals surface area contributed by atoms with Crippen molar-refractivity contribution in [2.45, 2.75) is 226 Å². The van der Waals surface area contributed by atoms with Gasteiger partial charge in [0.15, 0.2) is 6.10 Å².